The number of rotatable bonds is 9. The molecule has 0 amide bonds. The molecular weight excluding hydrogens is 442 g/mol. The maximum atomic E-state index is 12.4. The summed E-state index contributed by atoms with van der Waals surface area (Å²) in [6, 6.07) is 0. The number of aliphatic carboxylic acids is 1. The van der Waals surface area contributed by atoms with Crippen molar-refractivity contribution in [3.05, 3.63) is 33.9 Å². The molecule has 32 heavy (non-hydrogen) atoms. The van der Waals surface area contributed by atoms with Crippen molar-refractivity contribution >= 4 is 35.6 Å². The third-order valence-electron chi connectivity index (χ3n) is 5.57. The topological polar surface area (TPSA) is 89.7 Å². The van der Waals surface area contributed by atoms with Crippen LogP contribution in [0.15, 0.2) is 33.9 Å². The lowest BCUT2D eigenvalue weighted by Crippen LogP contribution is -2.29. The second-order valence-electron chi connectivity index (χ2n) is 9.57. The Morgan fingerprint density at radius 2 is 1.56 bits per heavy atom. The molecule has 0 atom stereocenters. The first-order valence-electron chi connectivity index (χ1n) is 11.4. The highest BCUT2D eigenvalue weighted by molar-refractivity contribution is 6.74. The van der Waals surface area contributed by atoms with E-state index in [1.165, 1.54) is 6.08 Å². The van der Waals surface area contributed by atoms with Gasteiger partial charge in [0, 0.05) is 50.9 Å². The van der Waals surface area contributed by atoms with Crippen molar-refractivity contribution in [3.8, 4) is 0 Å². The molecule has 0 radical (unpaired) electrons. The van der Waals surface area contributed by atoms with Crippen molar-refractivity contribution in [1.82, 2.24) is 14.7 Å². The van der Waals surface area contributed by atoms with Gasteiger partial charge in [-0.25, -0.2) is 4.79 Å². The van der Waals surface area contributed by atoms with E-state index in [4.69, 9.17) is 9.22 Å². The highest BCUT2D eigenvalue weighted by atomic mass is 28.4. The number of carbonyl (C=O) groups is 3. The fourth-order valence-corrected chi connectivity index (χ4v) is 6.69. The first-order chi connectivity index (χ1) is 15.0. The van der Waals surface area contributed by atoms with Crippen molar-refractivity contribution in [2.75, 3.05) is 39.3 Å². The van der Waals surface area contributed by atoms with E-state index in [0.29, 0.717) is 22.7 Å². The zero-order chi connectivity index (χ0) is 23.6. The van der Waals surface area contributed by atoms with Crippen LogP contribution in [0.1, 0.15) is 26.7 Å². The number of hydrogen-bond donors (Lipinski definition) is 1. The Labute approximate surface area is 193 Å². The van der Waals surface area contributed by atoms with Crippen LogP contribution < -0.4 is 0 Å². The molecule has 10 heteroatoms. The number of carboxylic acid groups (broad SMARTS) is 1. The van der Waals surface area contributed by atoms with Crippen LogP contribution in [0.4, 0.5) is 0 Å². The number of nitrogens with zero attached hydrogens (tertiary/aromatic N) is 3. The molecule has 1 aliphatic carbocycles. The van der Waals surface area contributed by atoms with Gasteiger partial charge in [-0.15, -0.1) is 0 Å². The van der Waals surface area contributed by atoms with Crippen molar-refractivity contribution in [2.24, 2.45) is 0 Å². The second kappa shape index (κ2) is 9.76. The summed E-state index contributed by atoms with van der Waals surface area (Å²) in [6.07, 6.45) is 3.38. The van der Waals surface area contributed by atoms with Crippen molar-refractivity contribution < 1.29 is 23.6 Å². The summed E-state index contributed by atoms with van der Waals surface area (Å²) >= 11 is 0. The fraction of sp³-hybridized carbons (Fsp3) is 0.591. The molecule has 4 aliphatic rings. The number of allylic oxidation sites excluding steroid dienone is 2. The standard InChI is InChI=1S/C12H13N3O2.C10H22O3Si2/c16-9-7-8(13-1-2-13)12(17)11(15-5-6-15)10(9)14-3-4-14;1-6-7-9(8(2)10(11)12)14-13-15(3,4)5/h7H,1-6H2;6-7,14H2,1-5H3,(H,11,12)/b;9-8+. The van der Waals surface area contributed by atoms with Gasteiger partial charge in [-0.1, -0.05) is 18.5 Å². The lowest BCUT2D eigenvalue weighted by Gasteiger charge is -2.21. The van der Waals surface area contributed by atoms with E-state index in [-0.39, 0.29) is 11.6 Å². The molecule has 0 unspecified atom stereocenters. The van der Waals surface area contributed by atoms with E-state index in [0.717, 1.165) is 57.3 Å². The molecule has 0 aromatic rings. The maximum absolute atomic E-state index is 12.4. The van der Waals surface area contributed by atoms with Gasteiger partial charge >= 0.3 is 5.97 Å². The van der Waals surface area contributed by atoms with E-state index >= 15 is 0 Å². The molecule has 4 rings (SSSR count). The number of carboxylic acids is 1. The smallest absolute Gasteiger partial charge is 0.330 e. The average molecular weight is 478 g/mol. The molecule has 0 aromatic heterocycles. The molecule has 1 N–H and O–H groups in total. The van der Waals surface area contributed by atoms with Gasteiger partial charge in [-0.2, -0.15) is 0 Å². The predicted molar refractivity (Wildman–Crippen MR) is 128 cm³/mol. The summed E-state index contributed by atoms with van der Waals surface area (Å²) in [5, 5.41) is 9.99. The zero-order valence-electron chi connectivity index (χ0n) is 19.9. The molecule has 0 saturated carbocycles. The van der Waals surface area contributed by atoms with Gasteiger partial charge in [0.05, 0.1) is 5.70 Å². The molecule has 3 saturated heterocycles. The van der Waals surface area contributed by atoms with E-state index in [1.807, 2.05) is 14.7 Å². The van der Waals surface area contributed by atoms with E-state index < -0.39 is 24.0 Å². The fourth-order valence-electron chi connectivity index (χ4n) is 3.40. The average Bonchev–Trinajstić information content (AvgIpc) is 3.55. The minimum absolute atomic E-state index is 0.00546. The Hall–Kier alpha value is -2.18. The second-order valence-corrected chi connectivity index (χ2v) is 16.1. The molecular formula is C22H35N3O5Si2. The molecule has 3 aliphatic heterocycles. The van der Waals surface area contributed by atoms with Crippen LogP contribution in [-0.4, -0.2) is 94.7 Å². The molecule has 3 fully saturated rings. The number of Topliss-reactive ketones (excluding diaryl/α,β-unsaturated/α-hetero) is 1. The van der Waals surface area contributed by atoms with E-state index in [9.17, 15) is 14.4 Å². The Kier molecular flexibility index (Phi) is 7.46. The minimum atomic E-state index is -1.50. The van der Waals surface area contributed by atoms with Gasteiger partial charge < -0.3 is 23.9 Å². The summed E-state index contributed by atoms with van der Waals surface area (Å²) in [5.74, 6) is -0.752. The first-order valence-corrected chi connectivity index (χ1v) is 16.1. The van der Waals surface area contributed by atoms with Crippen LogP contribution in [0.5, 0.6) is 0 Å². The van der Waals surface area contributed by atoms with Crippen LogP contribution in [0.25, 0.3) is 0 Å². The van der Waals surface area contributed by atoms with Crippen LogP contribution >= 0.6 is 0 Å². The summed E-state index contributed by atoms with van der Waals surface area (Å²) in [6.45, 7) is 15.6. The Balaban J connectivity index is 0.000000183. The van der Waals surface area contributed by atoms with Crippen molar-refractivity contribution in [1.29, 1.82) is 0 Å². The summed E-state index contributed by atoms with van der Waals surface area (Å²) in [5.41, 5.74) is 2.39. The first kappa shape index (κ1) is 24.5. The SMILES string of the molecule is CCC/C([SiH2]O[Si](C)(C)C)=C(/C)C(=O)O.O=C1C=C(N2CC2)C(=O)C(N2CC2)=C1N1CC1. The summed E-state index contributed by atoms with van der Waals surface area (Å²) in [4.78, 5) is 41.3. The largest absolute Gasteiger partial charge is 0.478 e. The predicted octanol–water partition coefficient (Wildman–Crippen LogP) is 1.26. The van der Waals surface area contributed by atoms with E-state index in [1.54, 1.807) is 6.92 Å². The molecule has 0 spiro atoms. The maximum Gasteiger partial charge on any atom is 0.330 e. The van der Waals surface area contributed by atoms with Crippen LogP contribution in [0.2, 0.25) is 19.6 Å². The lowest BCUT2D eigenvalue weighted by atomic mass is 10.0. The van der Waals surface area contributed by atoms with Gasteiger partial charge in [-0.3, -0.25) is 9.59 Å². The van der Waals surface area contributed by atoms with Gasteiger partial charge in [-0.05, 0) is 33.0 Å². The third-order valence-corrected chi connectivity index (χ3v) is 10.8. The van der Waals surface area contributed by atoms with E-state index in [2.05, 4.69) is 26.6 Å². The number of ketones is 2. The zero-order valence-corrected chi connectivity index (χ0v) is 22.3. The van der Waals surface area contributed by atoms with Crippen molar-refractivity contribution in [2.45, 2.75) is 46.3 Å². The molecule has 8 nitrogen and oxygen atoms in total. The molecule has 3 heterocycles. The highest BCUT2D eigenvalue weighted by Crippen LogP contribution is 2.33. The number of carbonyl (C=O) groups excluding carboxylic acids is 2. The van der Waals surface area contributed by atoms with Gasteiger partial charge in [0.1, 0.15) is 11.4 Å². The quantitative estimate of drug-likeness (QED) is 0.230. The van der Waals surface area contributed by atoms with Gasteiger partial charge in [0.25, 0.3) is 0 Å². The van der Waals surface area contributed by atoms with Gasteiger partial charge in [0.2, 0.25) is 11.6 Å². The van der Waals surface area contributed by atoms with Crippen molar-refractivity contribution in [3.63, 3.8) is 0 Å². The normalized spacial score (nSPS) is 20.9. The Bertz CT molecular complexity index is 892. The van der Waals surface area contributed by atoms with Crippen LogP contribution in [0.3, 0.4) is 0 Å². The summed E-state index contributed by atoms with van der Waals surface area (Å²) < 4.78 is 5.87. The molecule has 0 bridgehead atoms. The van der Waals surface area contributed by atoms with Gasteiger partial charge in [0.15, 0.2) is 18.1 Å². The third kappa shape index (κ3) is 6.42. The van der Waals surface area contributed by atoms with Crippen LogP contribution in [-0.2, 0) is 18.5 Å². The summed E-state index contributed by atoms with van der Waals surface area (Å²) in [7, 11) is -2.31. The highest BCUT2D eigenvalue weighted by Gasteiger charge is 2.43. The number of hydrogen-bond acceptors (Lipinski definition) is 7. The Morgan fingerprint density at radius 1 is 1.03 bits per heavy atom. The Morgan fingerprint density at radius 3 is 2.00 bits per heavy atom. The minimum Gasteiger partial charge on any atom is -0.478 e. The molecule has 0 aromatic carbocycles. The molecule has 176 valence electrons. The lowest BCUT2D eigenvalue weighted by molar-refractivity contribution is -0.132. The van der Waals surface area contributed by atoms with Crippen LogP contribution in [0, 0.1) is 0 Å². The monoisotopic (exact) mass is 477 g/mol.